The van der Waals surface area contributed by atoms with E-state index in [2.05, 4.69) is 31.6 Å². The Hall–Kier alpha value is -2.66. The summed E-state index contributed by atoms with van der Waals surface area (Å²) in [4.78, 5) is 23.5. The first-order valence-electron chi connectivity index (χ1n) is 11.9. The molecule has 2 N–H and O–H groups in total. The average Bonchev–Trinajstić information content (AvgIpc) is 3.26. The second kappa shape index (κ2) is 12.3. The summed E-state index contributed by atoms with van der Waals surface area (Å²) in [7, 11) is 2.18. The van der Waals surface area contributed by atoms with Crippen molar-refractivity contribution in [2.24, 2.45) is 16.1 Å². The number of hydrogen-bond acceptors (Lipinski definition) is 8. The monoisotopic (exact) mass is 496 g/mol. The predicted octanol–water partition coefficient (Wildman–Crippen LogP) is 2.60. The van der Waals surface area contributed by atoms with Crippen LogP contribution in [0.4, 0.5) is 19.0 Å². The van der Waals surface area contributed by atoms with E-state index in [0.29, 0.717) is 43.4 Å². The smallest absolute Gasteiger partial charge is 0.331 e. The van der Waals surface area contributed by atoms with Crippen LogP contribution in [0, 0.1) is 11.2 Å². The molecule has 0 amide bonds. The zero-order chi connectivity index (χ0) is 25.4. The Kier molecular flexibility index (Phi) is 9.50. The lowest BCUT2D eigenvalue weighted by Crippen LogP contribution is -2.54. The van der Waals surface area contributed by atoms with Crippen LogP contribution in [-0.2, 0) is 9.53 Å². The van der Waals surface area contributed by atoms with Crippen molar-refractivity contribution in [2.45, 2.75) is 38.8 Å². The highest BCUT2D eigenvalue weighted by atomic mass is 19.3. The molecule has 2 aliphatic heterocycles. The third kappa shape index (κ3) is 6.72. The topological polar surface area (TPSA) is 87.3 Å². The predicted molar refractivity (Wildman–Crippen MR) is 130 cm³/mol. The van der Waals surface area contributed by atoms with E-state index < -0.39 is 12.4 Å². The number of aliphatic imine (C=N–C) groups is 1. The van der Waals surface area contributed by atoms with Gasteiger partial charge in [0.1, 0.15) is 11.6 Å². The van der Waals surface area contributed by atoms with E-state index in [1.807, 2.05) is 4.90 Å². The molecular formula is C24H35F3N6O2. The summed E-state index contributed by atoms with van der Waals surface area (Å²) in [5.41, 5.74) is 6.33. The molecule has 35 heavy (non-hydrogen) atoms. The van der Waals surface area contributed by atoms with Crippen LogP contribution in [0.2, 0.25) is 0 Å². The molecule has 194 valence electrons. The second-order valence-corrected chi connectivity index (χ2v) is 9.31. The molecule has 0 aromatic carbocycles. The van der Waals surface area contributed by atoms with Crippen molar-refractivity contribution in [3.05, 3.63) is 29.8 Å². The van der Waals surface area contributed by atoms with E-state index in [4.69, 9.17) is 5.73 Å². The number of pyridine rings is 1. The van der Waals surface area contributed by atoms with Crippen LogP contribution in [0.3, 0.4) is 0 Å². The maximum absolute atomic E-state index is 14.6. The maximum Gasteiger partial charge on any atom is 0.331 e. The maximum atomic E-state index is 14.6. The summed E-state index contributed by atoms with van der Waals surface area (Å²) in [6.07, 6.45) is 7.20. The van der Waals surface area contributed by atoms with Gasteiger partial charge in [-0.05, 0) is 44.7 Å². The number of allylic oxidation sites excluding steroid dienone is 1. The molecule has 4 rings (SSSR count). The van der Waals surface area contributed by atoms with E-state index >= 15 is 0 Å². The third-order valence-electron chi connectivity index (χ3n) is 6.93. The van der Waals surface area contributed by atoms with Gasteiger partial charge in [0.25, 0.3) is 6.47 Å². The third-order valence-corrected chi connectivity index (χ3v) is 6.93. The van der Waals surface area contributed by atoms with Crippen molar-refractivity contribution < 1.29 is 22.7 Å². The number of hydrogen-bond donors (Lipinski definition) is 1. The summed E-state index contributed by atoms with van der Waals surface area (Å²) < 4.78 is 43.8. The Balaban J connectivity index is 0.000000623. The average molecular weight is 497 g/mol. The van der Waals surface area contributed by atoms with Gasteiger partial charge in [-0.1, -0.05) is 0 Å². The van der Waals surface area contributed by atoms with E-state index in [0.717, 1.165) is 25.5 Å². The molecule has 1 spiro atoms. The minimum atomic E-state index is -2.88. The normalized spacial score (nSPS) is 22.9. The van der Waals surface area contributed by atoms with Crippen molar-refractivity contribution in [1.29, 1.82) is 0 Å². The van der Waals surface area contributed by atoms with Crippen LogP contribution in [0.5, 0.6) is 0 Å². The highest BCUT2D eigenvalue weighted by Crippen LogP contribution is 2.46. The number of likely N-dealkylation sites (tertiary alicyclic amines) is 1. The van der Waals surface area contributed by atoms with Crippen LogP contribution >= 0.6 is 0 Å². The molecule has 8 nitrogen and oxygen atoms in total. The lowest BCUT2D eigenvalue weighted by Gasteiger charge is -2.47. The van der Waals surface area contributed by atoms with E-state index in [9.17, 15) is 18.0 Å². The Morgan fingerprint density at radius 1 is 1.34 bits per heavy atom. The Morgan fingerprint density at radius 3 is 2.60 bits per heavy atom. The number of halogens is 3. The zero-order valence-corrected chi connectivity index (χ0v) is 20.4. The van der Waals surface area contributed by atoms with Crippen molar-refractivity contribution in [1.82, 2.24) is 14.8 Å². The molecule has 3 aliphatic rings. The van der Waals surface area contributed by atoms with Gasteiger partial charge in [-0.2, -0.15) is 8.78 Å². The van der Waals surface area contributed by atoms with Gasteiger partial charge in [-0.25, -0.2) is 14.4 Å². The standard InChI is InChI=1S/C21H29F3N6.C3H6O2/c1-28-13-21(14-28)4-2-16(10-21)29-6-8-30(9-7-29)19-18(17(22)3-5-26-19)15(11-25)12-27-20(23)24;1-2-5-3-4/h3,5,11-12,16,20H,2,4,6-10,13-14,25H2,1H3;3H,2H2,1H3/b15-11+,27-12+;. The fourth-order valence-electron chi connectivity index (χ4n) is 5.50. The Labute approximate surface area is 204 Å². The van der Waals surface area contributed by atoms with E-state index in [-0.39, 0.29) is 11.1 Å². The SMILES string of the molecule is CCOC=O.CN1CC2(CCC(N3CCN(c4nccc(F)c4C(=C/N)/C=N/C(F)F)CC3)C2)C1. The number of carbonyl (C=O) groups excluding carboxylic acids is 1. The largest absolute Gasteiger partial charge is 0.468 e. The van der Waals surface area contributed by atoms with Gasteiger partial charge in [0, 0.05) is 69.5 Å². The summed E-state index contributed by atoms with van der Waals surface area (Å²) in [5.74, 6) is -0.123. The first kappa shape index (κ1) is 26.9. The van der Waals surface area contributed by atoms with Gasteiger partial charge >= 0.3 is 6.55 Å². The molecule has 11 heteroatoms. The first-order valence-corrected chi connectivity index (χ1v) is 11.9. The number of aromatic nitrogens is 1. The van der Waals surface area contributed by atoms with Gasteiger partial charge in [-0.15, -0.1) is 0 Å². The molecule has 3 fully saturated rings. The summed E-state index contributed by atoms with van der Waals surface area (Å²) in [5, 5.41) is 0. The molecule has 0 bridgehead atoms. The molecule has 1 atom stereocenters. The summed E-state index contributed by atoms with van der Waals surface area (Å²) in [6, 6.07) is 1.82. The van der Waals surface area contributed by atoms with Crippen LogP contribution < -0.4 is 10.6 Å². The number of ether oxygens (including phenoxy) is 1. The number of nitrogens with two attached hydrogens (primary N) is 1. The quantitative estimate of drug-likeness (QED) is 0.353. The van der Waals surface area contributed by atoms with Crippen molar-refractivity contribution >= 4 is 24.1 Å². The highest BCUT2D eigenvalue weighted by molar-refractivity contribution is 6.11. The van der Waals surface area contributed by atoms with Crippen molar-refractivity contribution in [3.63, 3.8) is 0 Å². The van der Waals surface area contributed by atoms with E-state index in [1.54, 1.807) is 6.92 Å². The summed E-state index contributed by atoms with van der Waals surface area (Å²) in [6.45, 7) is 5.35. The first-order chi connectivity index (χ1) is 16.8. The highest BCUT2D eigenvalue weighted by Gasteiger charge is 2.48. The van der Waals surface area contributed by atoms with Crippen molar-refractivity contribution in [2.75, 3.05) is 57.8 Å². The fourth-order valence-corrected chi connectivity index (χ4v) is 5.50. The van der Waals surface area contributed by atoms with Gasteiger partial charge in [0.15, 0.2) is 0 Å². The molecule has 1 unspecified atom stereocenters. The molecule has 1 aliphatic carbocycles. The zero-order valence-electron chi connectivity index (χ0n) is 20.4. The number of anilines is 1. The molecular weight excluding hydrogens is 461 g/mol. The number of piperazine rings is 1. The molecule has 3 heterocycles. The van der Waals surface area contributed by atoms with Crippen LogP contribution in [-0.4, -0.2) is 93.0 Å². The number of carbonyl (C=O) groups is 1. The lowest BCUT2D eigenvalue weighted by atomic mass is 9.78. The van der Waals surface area contributed by atoms with Gasteiger partial charge in [0.05, 0.1) is 12.2 Å². The second-order valence-electron chi connectivity index (χ2n) is 9.31. The van der Waals surface area contributed by atoms with Gasteiger partial charge < -0.3 is 20.3 Å². The molecule has 1 saturated carbocycles. The Morgan fingerprint density at radius 2 is 2.06 bits per heavy atom. The minimum absolute atomic E-state index is 0.102. The van der Waals surface area contributed by atoms with Crippen LogP contribution in [0.15, 0.2) is 23.5 Å². The number of alkyl halides is 2. The minimum Gasteiger partial charge on any atom is -0.468 e. The number of rotatable bonds is 7. The van der Waals surface area contributed by atoms with Crippen LogP contribution in [0.25, 0.3) is 5.57 Å². The van der Waals surface area contributed by atoms with Crippen LogP contribution in [0.1, 0.15) is 31.7 Å². The van der Waals surface area contributed by atoms with Gasteiger partial charge in [-0.3, -0.25) is 9.69 Å². The number of nitrogens with zero attached hydrogens (tertiary/aromatic N) is 5. The lowest BCUT2D eigenvalue weighted by molar-refractivity contribution is -0.128. The molecule has 1 aromatic rings. The summed E-state index contributed by atoms with van der Waals surface area (Å²) >= 11 is 0. The molecule has 2 saturated heterocycles. The van der Waals surface area contributed by atoms with Gasteiger partial charge in [0.2, 0.25) is 0 Å². The molecule has 1 aromatic heterocycles. The fraction of sp³-hybridized carbons (Fsp3) is 0.625. The van der Waals surface area contributed by atoms with E-state index in [1.165, 1.54) is 44.6 Å². The molecule has 0 radical (unpaired) electrons. The van der Waals surface area contributed by atoms with Crippen molar-refractivity contribution in [3.8, 4) is 0 Å². The Bertz CT molecular complexity index is 899.